The van der Waals surface area contributed by atoms with E-state index in [0.29, 0.717) is 11.8 Å². The lowest BCUT2D eigenvalue weighted by Gasteiger charge is -2.40. The quantitative estimate of drug-likeness (QED) is 0.0375. The minimum Gasteiger partial charge on any atom is -0.414 e. The Kier molecular flexibility index (Phi) is 22.4. The van der Waals surface area contributed by atoms with E-state index in [1.165, 1.54) is 30.9 Å². The molecule has 1 aliphatic carbocycles. The highest BCUT2D eigenvalue weighted by molar-refractivity contribution is 6.74. The largest absolute Gasteiger partial charge is 0.414 e. The summed E-state index contributed by atoms with van der Waals surface area (Å²) in [5.41, 5.74) is 1.07. The monoisotopic (exact) mass is 855 g/mol. The molecule has 324 valence electrons. The van der Waals surface area contributed by atoms with Crippen molar-refractivity contribution in [3.63, 3.8) is 0 Å². The molecule has 55 heavy (non-hydrogen) atoms. The fourth-order valence-corrected chi connectivity index (χ4v) is 15.2. The maximum Gasteiger partial charge on any atom is 0.192 e. The van der Waals surface area contributed by atoms with E-state index in [2.05, 4.69) is 159 Å². The van der Waals surface area contributed by atoms with E-state index in [-0.39, 0.29) is 46.0 Å². The van der Waals surface area contributed by atoms with Gasteiger partial charge in [0.15, 0.2) is 44.5 Å². The third-order valence-corrected chi connectivity index (χ3v) is 26.0. The fourth-order valence-electron chi connectivity index (χ4n) is 7.58. The second kappa shape index (κ2) is 23.2. The van der Waals surface area contributed by atoms with Crippen LogP contribution in [-0.2, 0) is 22.1 Å². The molecule has 10 heteroatoms. The highest BCUT2D eigenvalue weighted by Crippen LogP contribution is 2.47. The van der Waals surface area contributed by atoms with Crippen LogP contribution in [0.15, 0.2) is 36.5 Å². The number of hydrogen-bond donors (Lipinski definition) is 0. The molecule has 0 aromatic heterocycles. The van der Waals surface area contributed by atoms with E-state index < -0.39 is 44.5 Å². The first-order chi connectivity index (χ1) is 25.2. The van der Waals surface area contributed by atoms with Gasteiger partial charge in [-0.15, -0.1) is 0 Å². The first-order valence-corrected chi connectivity index (χ1v) is 35.3. The predicted octanol–water partition coefficient (Wildman–Crippen LogP) is 13.1. The summed E-state index contributed by atoms with van der Waals surface area (Å²) in [5, 5.41) is 0.312. The minimum atomic E-state index is -2.04. The Labute approximate surface area is 351 Å². The zero-order valence-corrected chi connectivity index (χ0v) is 45.9. The summed E-state index contributed by atoms with van der Waals surface area (Å²) in [4.78, 5) is 0. The molecule has 0 heterocycles. The summed E-state index contributed by atoms with van der Waals surface area (Å²) in [5.74, 6) is 1.28. The third-order valence-electron chi connectivity index (χ3n) is 12.9. The molecule has 1 aliphatic rings. The highest BCUT2D eigenvalue weighted by Gasteiger charge is 2.49. The SMILES string of the molecule is C=C(CCC/C=C\C[C@@H]1[C@@H](C=C[C@H](CCCCC)O[Si](C)(C)C(C)(C)C)[C@H](O[Si](C)(C)C(C)(C)C)C[C@@H]1O[Si](C)(C)CC(C)C)C(C)(C)C(O[SiH2]C)O[SiH2]C. The second-order valence-corrected chi connectivity index (χ2v) is 36.9. The molecule has 5 atom stereocenters. The molecule has 0 spiro atoms. The van der Waals surface area contributed by atoms with Crippen LogP contribution < -0.4 is 0 Å². The normalized spacial score (nSPS) is 22.5. The lowest BCUT2D eigenvalue weighted by Crippen LogP contribution is -2.45. The van der Waals surface area contributed by atoms with E-state index in [9.17, 15) is 0 Å². The molecule has 5 nitrogen and oxygen atoms in total. The Bertz CT molecular complexity index is 1160. The molecule has 0 aliphatic heterocycles. The number of hydrogen-bond acceptors (Lipinski definition) is 5. The van der Waals surface area contributed by atoms with Crippen LogP contribution in [0.25, 0.3) is 0 Å². The van der Waals surface area contributed by atoms with Crippen molar-refractivity contribution in [1.82, 2.24) is 0 Å². The molecule has 1 fully saturated rings. The molecular formula is C45H94O5Si5. The van der Waals surface area contributed by atoms with E-state index in [1.54, 1.807) is 0 Å². The van der Waals surface area contributed by atoms with Crippen molar-refractivity contribution < 1.29 is 22.1 Å². The van der Waals surface area contributed by atoms with Gasteiger partial charge in [0, 0.05) is 11.3 Å². The van der Waals surface area contributed by atoms with Crippen LogP contribution >= 0.6 is 0 Å². The van der Waals surface area contributed by atoms with Crippen LogP contribution in [0.1, 0.15) is 134 Å². The number of rotatable bonds is 26. The van der Waals surface area contributed by atoms with Crippen LogP contribution in [-0.4, -0.2) is 69.1 Å². The van der Waals surface area contributed by atoms with Gasteiger partial charge >= 0.3 is 0 Å². The fraction of sp³-hybridized carbons (Fsp3) is 0.867. The molecular weight excluding hydrogens is 761 g/mol. The average Bonchev–Trinajstić information content (AvgIpc) is 3.32. The average molecular weight is 856 g/mol. The van der Waals surface area contributed by atoms with Crippen LogP contribution in [0.4, 0.5) is 0 Å². The Morgan fingerprint density at radius 1 is 0.800 bits per heavy atom. The minimum absolute atomic E-state index is 0.135. The lowest BCUT2D eigenvalue weighted by molar-refractivity contribution is -0.0630. The first kappa shape index (κ1) is 53.1. The summed E-state index contributed by atoms with van der Waals surface area (Å²) in [6, 6.07) is 1.18. The molecule has 0 N–H and O–H groups in total. The maximum atomic E-state index is 7.42. The number of unbranched alkanes of at least 4 members (excludes halogenated alkanes) is 3. The van der Waals surface area contributed by atoms with Crippen molar-refractivity contribution in [3.05, 3.63) is 36.5 Å². The summed E-state index contributed by atoms with van der Waals surface area (Å²) < 4.78 is 34.2. The Balaban J connectivity index is 3.52. The standard InChI is InChI=1S/C45H94O5Si5/c1-21-22-25-29-37(48-54(17,18)43(5,6)7)31-32-39-38(30-27-24-23-26-28-36(4)45(11,12)42(46-51-13)47-52-14)40(49-53(15,16)34-35(2)3)33-41(39)50-55(19,20)44(8,9)10/h24,27,31-32,35,37-42H,4,21-23,25-26,28-30,33-34,51-52H2,1-3,5-20H3/b27-24-,32-31?/t37-,38+,39+,40-,41+/m0/s1. The molecule has 0 aromatic carbocycles. The van der Waals surface area contributed by atoms with Crippen molar-refractivity contribution in [3.8, 4) is 0 Å². The van der Waals surface area contributed by atoms with E-state index in [4.69, 9.17) is 22.1 Å². The number of allylic oxidation sites excluding steroid dienone is 2. The molecule has 0 aromatic rings. The summed E-state index contributed by atoms with van der Waals surface area (Å²) in [6.45, 7) is 49.1. The predicted molar refractivity (Wildman–Crippen MR) is 256 cm³/mol. The van der Waals surface area contributed by atoms with E-state index in [1.807, 2.05) is 0 Å². The van der Waals surface area contributed by atoms with Gasteiger partial charge in [-0.25, -0.2) is 0 Å². The van der Waals surface area contributed by atoms with Gasteiger partial charge in [-0.2, -0.15) is 0 Å². The van der Waals surface area contributed by atoms with Crippen LogP contribution in [0.2, 0.25) is 68.5 Å². The van der Waals surface area contributed by atoms with Crippen molar-refractivity contribution in [2.75, 3.05) is 0 Å². The van der Waals surface area contributed by atoms with Gasteiger partial charge in [-0.3, -0.25) is 0 Å². The van der Waals surface area contributed by atoms with Crippen LogP contribution in [0, 0.1) is 23.2 Å². The van der Waals surface area contributed by atoms with Gasteiger partial charge in [-0.05, 0) is 106 Å². The molecule has 0 bridgehead atoms. The summed E-state index contributed by atoms with van der Waals surface area (Å²) in [7, 11) is -7.00. The smallest absolute Gasteiger partial charge is 0.192 e. The van der Waals surface area contributed by atoms with Crippen LogP contribution in [0.5, 0.6) is 0 Å². The Morgan fingerprint density at radius 3 is 1.89 bits per heavy atom. The Morgan fingerprint density at radius 2 is 1.38 bits per heavy atom. The lowest BCUT2D eigenvalue weighted by atomic mass is 9.82. The van der Waals surface area contributed by atoms with Crippen molar-refractivity contribution in [1.29, 1.82) is 0 Å². The van der Waals surface area contributed by atoms with Gasteiger partial charge in [0.2, 0.25) is 0 Å². The molecule has 0 unspecified atom stereocenters. The van der Waals surface area contributed by atoms with Crippen molar-refractivity contribution in [2.24, 2.45) is 23.2 Å². The zero-order chi connectivity index (χ0) is 42.5. The molecule has 1 saturated carbocycles. The topological polar surface area (TPSA) is 46.2 Å². The van der Waals surface area contributed by atoms with Gasteiger partial charge in [0.25, 0.3) is 0 Å². The van der Waals surface area contributed by atoms with E-state index in [0.717, 1.165) is 38.5 Å². The second-order valence-electron chi connectivity index (χ2n) is 21.4. The molecule has 0 saturated heterocycles. The van der Waals surface area contributed by atoms with Crippen molar-refractivity contribution >= 4 is 44.5 Å². The third kappa shape index (κ3) is 17.7. The molecule has 0 radical (unpaired) electrons. The first-order valence-electron chi connectivity index (χ1n) is 22.4. The maximum absolute atomic E-state index is 7.42. The highest BCUT2D eigenvalue weighted by atomic mass is 28.4. The van der Waals surface area contributed by atoms with Gasteiger partial charge in [0.05, 0.1) is 18.3 Å². The summed E-state index contributed by atoms with van der Waals surface area (Å²) in [6.07, 6.45) is 20.1. The molecule has 0 amide bonds. The van der Waals surface area contributed by atoms with Gasteiger partial charge in [-0.1, -0.05) is 145 Å². The zero-order valence-electron chi connectivity index (χ0n) is 40.1. The van der Waals surface area contributed by atoms with Gasteiger partial charge in [0.1, 0.15) is 6.29 Å². The van der Waals surface area contributed by atoms with Gasteiger partial charge < -0.3 is 22.1 Å². The summed E-state index contributed by atoms with van der Waals surface area (Å²) >= 11 is 0. The molecule has 1 rings (SSSR count). The van der Waals surface area contributed by atoms with Crippen molar-refractivity contribution in [2.45, 2.75) is 227 Å². The van der Waals surface area contributed by atoms with E-state index >= 15 is 0 Å². The Hall–Kier alpha value is 0.104. The van der Waals surface area contributed by atoms with Crippen LogP contribution in [0.3, 0.4) is 0 Å².